The minimum absolute atomic E-state index is 0. The van der Waals surface area contributed by atoms with Crippen molar-refractivity contribution in [1.82, 2.24) is 0 Å². The van der Waals surface area contributed by atoms with Gasteiger partial charge in [0.05, 0.1) is 0 Å². The Labute approximate surface area is 234 Å². The summed E-state index contributed by atoms with van der Waals surface area (Å²) in [4.78, 5) is 0. The van der Waals surface area contributed by atoms with Gasteiger partial charge in [0.25, 0.3) is 0 Å². The maximum Gasteiger partial charge on any atom is -1.00 e. The van der Waals surface area contributed by atoms with E-state index >= 15 is 0 Å². The summed E-state index contributed by atoms with van der Waals surface area (Å²) in [6.45, 7) is 0. The summed E-state index contributed by atoms with van der Waals surface area (Å²) in [5, 5.41) is 0. The van der Waals surface area contributed by atoms with Gasteiger partial charge in [-0.3, -0.25) is 0 Å². The van der Waals surface area contributed by atoms with Gasteiger partial charge in [-0.25, -0.2) is 0 Å². The van der Waals surface area contributed by atoms with Gasteiger partial charge in [-0.15, -0.1) is 0 Å². The quantitative estimate of drug-likeness (QED) is 0.279. The largest absolute Gasteiger partial charge is 1.00 e. The van der Waals surface area contributed by atoms with E-state index in [9.17, 15) is 0 Å². The average Bonchev–Trinajstić information content (AvgIpc) is 3.54. The van der Waals surface area contributed by atoms with Crippen molar-refractivity contribution in [3.05, 3.63) is 147 Å². The Balaban J connectivity index is 0.00000152. The molecule has 4 aromatic carbocycles. The van der Waals surface area contributed by atoms with E-state index in [-0.39, 0.29) is 24.8 Å². The van der Waals surface area contributed by atoms with Crippen LogP contribution in [0, 0.1) is 0 Å². The summed E-state index contributed by atoms with van der Waals surface area (Å²) >= 11 is -2.34. The van der Waals surface area contributed by atoms with Crippen molar-refractivity contribution in [1.29, 1.82) is 0 Å². The molecule has 3 heteroatoms. The Bertz CT molecular complexity index is 1390. The number of halogens is 2. The summed E-state index contributed by atoms with van der Waals surface area (Å²) < 4.78 is 5.18. The predicted octanol–water partition coefficient (Wildman–Crippen LogP) is 1.01. The average molecular weight is 587 g/mol. The molecule has 0 atom stereocenters. The maximum absolute atomic E-state index is 2.48. The SMILES string of the molecule is C1=CC[C]([Zr+2](=[C](Cc2ccccc2)Cc2ccccc2)[c]2cccc3c2Cc2ccccc2-3)=C1.[Cl-].[Cl-]. The van der Waals surface area contributed by atoms with Gasteiger partial charge in [0.1, 0.15) is 0 Å². The van der Waals surface area contributed by atoms with Crippen molar-refractivity contribution < 1.29 is 46.1 Å². The van der Waals surface area contributed by atoms with Crippen LogP contribution in [0.4, 0.5) is 0 Å². The van der Waals surface area contributed by atoms with Gasteiger partial charge in [-0.05, 0) is 0 Å². The molecule has 0 saturated carbocycles. The first-order chi connectivity index (χ1) is 16.9. The van der Waals surface area contributed by atoms with Crippen LogP contribution in [0.5, 0.6) is 0 Å². The second kappa shape index (κ2) is 12.3. The van der Waals surface area contributed by atoms with E-state index in [0.717, 1.165) is 25.7 Å². The van der Waals surface area contributed by atoms with E-state index in [1.807, 2.05) is 0 Å². The fourth-order valence-corrected chi connectivity index (χ4v) is 13.7. The van der Waals surface area contributed by atoms with Gasteiger partial charge in [-0.2, -0.15) is 0 Å². The molecule has 0 nitrogen and oxygen atoms in total. The summed E-state index contributed by atoms with van der Waals surface area (Å²) in [5.74, 6) is 0. The smallest absolute Gasteiger partial charge is 1.00 e. The number of fused-ring (bicyclic) bond motifs is 3. The summed E-state index contributed by atoms with van der Waals surface area (Å²) in [7, 11) is 0. The third kappa shape index (κ3) is 5.50. The number of rotatable bonds is 6. The van der Waals surface area contributed by atoms with Gasteiger partial charge in [0, 0.05) is 0 Å². The van der Waals surface area contributed by atoms with E-state index in [2.05, 4.69) is 121 Å². The van der Waals surface area contributed by atoms with Crippen molar-refractivity contribution in [2.45, 2.75) is 25.7 Å². The zero-order valence-electron chi connectivity index (χ0n) is 20.1. The summed E-state index contributed by atoms with van der Waals surface area (Å²) in [6, 6.07) is 38.4. The summed E-state index contributed by atoms with van der Waals surface area (Å²) in [5.41, 5.74) is 8.87. The molecule has 0 N–H and O–H groups in total. The third-order valence-electron chi connectivity index (χ3n) is 7.09. The van der Waals surface area contributed by atoms with Crippen LogP contribution in [0.15, 0.2) is 125 Å². The molecule has 0 aromatic heterocycles. The normalized spacial score (nSPS) is 12.4. The van der Waals surface area contributed by atoms with Crippen LogP contribution >= 0.6 is 0 Å². The number of benzene rings is 4. The van der Waals surface area contributed by atoms with E-state index in [0.29, 0.717) is 0 Å². The zero-order valence-corrected chi connectivity index (χ0v) is 24.1. The fourth-order valence-electron chi connectivity index (χ4n) is 5.54. The van der Waals surface area contributed by atoms with Gasteiger partial charge in [-0.1, -0.05) is 0 Å². The van der Waals surface area contributed by atoms with Gasteiger partial charge < -0.3 is 24.8 Å². The van der Waals surface area contributed by atoms with Crippen molar-refractivity contribution in [3.63, 3.8) is 0 Å². The third-order valence-corrected chi connectivity index (χ3v) is 14.7. The molecular formula is C33H28Cl2Zr. The van der Waals surface area contributed by atoms with E-state index in [1.54, 1.807) is 15.3 Å². The molecule has 178 valence electrons. The first kappa shape index (κ1) is 26.7. The Morgan fingerprint density at radius 3 is 1.89 bits per heavy atom. The molecule has 0 fully saturated rings. The Morgan fingerprint density at radius 1 is 0.639 bits per heavy atom. The van der Waals surface area contributed by atoms with E-state index in [4.69, 9.17) is 0 Å². The molecule has 2 aliphatic rings. The minimum Gasteiger partial charge on any atom is -1.00 e. The Kier molecular flexibility index (Phi) is 9.13. The van der Waals surface area contributed by atoms with Crippen LogP contribution in [-0.4, -0.2) is 3.21 Å². The Hall–Kier alpha value is -2.31. The predicted molar refractivity (Wildman–Crippen MR) is 141 cm³/mol. The molecule has 0 spiro atoms. The molecule has 0 bridgehead atoms. The van der Waals surface area contributed by atoms with Crippen LogP contribution < -0.4 is 28.1 Å². The molecule has 36 heavy (non-hydrogen) atoms. The van der Waals surface area contributed by atoms with Crippen LogP contribution in [0.3, 0.4) is 0 Å². The number of hydrogen-bond acceptors (Lipinski definition) is 0. The minimum atomic E-state index is -2.34. The van der Waals surface area contributed by atoms with E-state index in [1.165, 1.54) is 27.8 Å². The molecule has 0 saturated heterocycles. The molecule has 0 heterocycles. The van der Waals surface area contributed by atoms with Crippen LogP contribution in [0.1, 0.15) is 28.7 Å². The first-order valence-electron chi connectivity index (χ1n) is 12.2. The molecule has 0 amide bonds. The van der Waals surface area contributed by atoms with Gasteiger partial charge >= 0.3 is 211 Å². The van der Waals surface area contributed by atoms with Crippen molar-refractivity contribution in [3.8, 4) is 11.1 Å². The molecule has 0 aliphatic heterocycles. The second-order valence-electron chi connectivity index (χ2n) is 9.29. The van der Waals surface area contributed by atoms with Crippen molar-refractivity contribution in [2.24, 2.45) is 0 Å². The monoisotopic (exact) mass is 584 g/mol. The van der Waals surface area contributed by atoms with Crippen molar-refractivity contribution >= 4 is 6.48 Å². The van der Waals surface area contributed by atoms with Gasteiger partial charge in [0.15, 0.2) is 0 Å². The number of hydrogen-bond donors (Lipinski definition) is 0. The molecule has 4 aromatic rings. The summed E-state index contributed by atoms with van der Waals surface area (Å²) in [6.07, 6.45) is 11.5. The van der Waals surface area contributed by atoms with Gasteiger partial charge in [0.2, 0.25) is 0 Å². The van der Waals surface area contributed by atoms with E-state index < -0.39 is 21.3 Å². The molecule has 6 rings (SSSR count). The second-order valence-corrected chi connectivity index (χ2v) is 15.8. The topological polar surface area (TPSA) is 0 Å². The standard InChI is InChI=1S/C15H14.C13H9.C5H5.2ClH.Zr/c1-3-8-14(9-4-1)12-7-13-15-10-5-2-6-11-15;1-3-7-12-10(5-1)9-11-6-2-4-8-13(11)12;1-2-4-5-3-1;;;/h1-6,8-11H,12-13H2;1-5,7-8H,9H2;1-3H,4H2;2*1H;/q;;;;;+2/p-2. The van der Waals surface area contributed by atoms with Crippen LogP contribution in [0.25, 0.3) is 11.1 Å². The molecule has 0 unspecified atom stereocenters. The number of allylic oxidation sites excluding steroid dienone is 4. The fraction of sp³-hybridized carbons (Fsp3) is 0.121. The molecule has 0 radical (unpaired) electrons. The molecular weight excluding hydrogens is 558 g/mol. The molecule has 2 aliphatic carbocycles. The maximum atomic E-state index is 2.48. The first-order valence-corrected chi connectivity index (χ1v) is 15.9. The van der Waals surface area contributed by atoms with Crippen molar-refractivity contribution in [2.75, 3.05) is 0 Å². The van der Waals surface area contributed by atoms with Crippen LogP contribution in [0.2, 0.25) is 0 Å². The van der Waals surface area contributed by atoms with Crippen LogP contribution in [-0.2, 0) is 40.5 Å². The zero-order chi connectivity index (χ0) is 22.7. The Morgan fingerprint density at radius 2 is 1.25 bits per heavy atom.